The Morgan fingerprint density at radius 2 is 1.34 bits per heavy atom. The molecule has 32 heavy (non-hydrogen) atoms. The summed E-state index contributed by atoms with van der Waals surface area (Å²) in [7, 11) is 0. The summed E-state index contributed by atoms with van der Waals surface area (Å²) in [6.07, 6.45) is 7.11. The molecule has 0 bridgehead atoms. The van der Waals surface area contributed by atoms with Gasteiger partial charge in [0, 0.05) is 45.2 Å². The lowest BCUT2D eigenvalue weighted by molar-refractivity contribution is -0.122. The first kappa shape index (κ1) is 33.2. The molecule has 3 aliphatic rings. The maximum absolute atomic E-state index is 10.9. The Balaban J connectivity index is 0. The van der Waals surface area contributed by atoms with E-state index in [1.807, 2.05) is 46.4 Å². The van der Waals surface area contributed by atoms with E-state index in [-0.39, 0.29) is 0 Å². The van der Waals surface area contributed by atoms with Crippen molar-refractivity contribution in [1.29, 1.82) is 0 Å². The minimum absolute atomic E-state index is 0.395. The van der Waals surface area contributed by atoms with Crippen molar-refractivity contribution in [3.63, 3.8) is 0 Å². The number of carbonyl (C=O) groups excluding carboxylic acids is 2. The van der Waals surface area contributed by atoms with Crippen LogP contribution in [0, 0.1) is 17.8 Å². The molecule has 2 saturated heterocycles. The third-order valence-electron chi connectivity index (χ3n) is 6.48. The first-order chi connectivity index (χ1) is 15.5. The molecular weight excluding hydrogens is 398 g/mol. The van der Waals surface area contributed by atoms with Crippen LogP contribution >= 0.6 is 0 Å². The van der Waals surface area contributed by atoms with E-state index in [2.05, 4.69) is 23.6 Å². The number of nitrogens with zero attached hydrogens (tertiary/aromatic N) is 3. The highest BCUT2D eigenvalue weighted by Crippen LogP contribution is 2.28. The number of amides is 1. The zero-order valence-corrected chi connectivity index (χ0v) is 23.2. The van der Waals surface area contributed by atoms with E-state index in [9.17, 15) is 9.59 Å². The quantitative estimate of drug-likeness (QED) is 0.507. The van der Waals surface area contributed by atoms with Gasteiger partial charge in [0.25, 0.3) is 0 Å². The monoisotopic (exact) mass is 455 g/mol. The third kappa shape index (κ3) is 14.3. The Bertz CT molecular complexity index is 429. The van der Waals surface area contributed by atoms with Crippen LogP contribution in [0.4, 0.5) is 0 Å². The number of carbonyl (C=O) groups is 2. The van der Waals surface area contributed by atoms with Gasteiger partial charge in [-0.3, -0.25) is 14.5 Å². The van der Waals surface area contributed by atoms with Crippen molar-refractivity contribution in [2.75, 3.05) is 52.4 Å². The highest BCUT2D eigenvalue weighted by atomic mass is 16.1. The van der Waals surface area contributed by atoms with Gasteiger partial charge in [0.15, 0.2) is 0 Å². The second-order valence-electron chi connectivity index (χ2n) is 8.56. The minimum Gasteiger partial charge on any atom is -0.343 e. The molecule has 0 N–H and O–H groups in total. The van der Waals surface area contributed by atoms with Crippen molar-refractivity contribution in [1.82, 2.24) is 14.7 Å². The summed E-state index contributed by atoms with van der Waals surface area (Å²) in [5.74, 6) is 2.50. The van der Waals surface area contributed by atoms with Gasteiger partial charge in [-0.1, -0.05) is 68.2 Å². The van der Waals surface area contributed by atoms with Crippen molar-refractivity contribution in [2.45, 2.75) is 94.4 Å². The summed E-state index contributed by atoms with van der Waals surface area (Å²) in [4.78, 5) is 28.4. The van der Waals surface area contributed by atoms with Crippen molar-refractivity contribution >= 4 is 12.2 Å². The molecule has 0 spiro atoms. The Morgan fingerprint density at radius 1 is 0.812 bits per heavy atom. The van der Waals surface area contributed by atoms with Crippen molar-refractivity contribution < 1.29 is 9.59 Å². The topological polar surface area (TPSA) is 43.9 Å². The molecule has 1 amide bonds. The van der Waals surface area contributed by atoms with Gasteiger partial charge in [-0.25, -0.2) is 0 Å². The predicted molar refractivity (Wildman–Crippen MR) is 140 cm³/mol. The average molecular weight is 456 g/mol. The number of hydrogen-bond donors (Lipinski definition) is 0. The van der Waals surface area contributed by atoms with E-state index in [4.69, 9.17) is 0 Å². The molecule has 3 rings (SSSR count). The second-order valence-corrected chi connectivity index (χ2v) is 8.56. The molecule has 0 aromatic rings. The molecular formula is C27H57N3O2. The van der Waals surface area contributed by atoms with E-state index in [0.717, 1.165) is 57.3 Å². The molecule has 1 atom stereocenters. The maximum atomic E-state index is 10.9. The highest BCUT2D eigenvalue weighted by Gasteiger charge is 2.25. The summed E-state index contributed by atoms with van der Waals surface area (Å²) in [5, 5.41) is 0. The van der Waals surface area contributed by atoms with Crippen molar-refractivity contribution in [2.24, 2.45) is 17.8 Å². The van der Waals surface area contributed by atoms with Crippen LogP contribution < -0.4 is 0 Å². The Kier molecular flexibility index (Phi) is 22.7. The SMILES string of the molecule is CC.CC.CC.CC(=O)C1CCC(C)CC1.CCN1CCC(CN2CCN(C=O)CC2)C1. The van der Waals surface area contributed by atoms with Gasteiger partial charge in [-0.2, -0.15) is 0 Å². The summed E-state index contributed by atoms with van der Waals surface area (Å²) < 4.78 is 0. The van der Waals surface area contributed by atoms with Gasteiger partial charge < -0.3 is 9.80 Å². The zero-order chi connectivity index (χ0) is 24.9. The van der Waals surface area contributed by atoms with Gasteiger partial charge in [0.1, 0.15) is 5.78 Å². The van der Waals surface area contributed by atoms with Crippen LogP contribution in [0.3, 0.4) is 0 Å². The van der Waals surface area contributed by atoms with E-state index >= 15 is 0 Å². The minimum atomic E-state index is 0.395. The van der Waals surface area contributed by atoms with Gasteiger partial charge in [-0.05, 0) is 51.1 Å². The van der Waals surface area contributed by atoms with Crippen LogP contribution in [0.15, 0.2) is 0 Å². The largest absolute Gasteiger partial charge is 0.343 e. The molecule has 0 aromatic carbocycles. The van der Waals surface area contributed by atoms with Gasteiger partial charge in [0.05, 0.1) is 0 Å². The lowest BCUT2D eigenvalue weighted by atomic mass is 9.81. The van der Waals surface area contributed by atoms with E-state index in [1.54, 1.807) is 6.92 Å². The third-order valence-corrected chi connectivity index (χ3v) is 6.48. The first-order valence-corrected chi connectivity index (χ1v) is 13.7. The molecule has 5 nitrogen and oxygen atoms in total. The standard InChI is InChI=1S/C12H23N3O.C9H16O.3C2H6/c1-2-13-4-3-12(9-13)10-14-5-7-15(11-16)8-6-14;1-7-3-5-9(6-4-7)8(2)10;3*1-2/h11-12H,2-10H2,1H3;7,9H,3-6H2,1-2H3;3*1-2H3. The summed E-state index contributed by atoms with van der Waals surface area (Å²) in [5.41, 5.74) is 0. The van der Waals surface area contributed by atoms with E-state index < -0.39 is 0 Å². The normalized spacial score (nSPS) is 25.4. The fraction of sp³-hybridized carbons (Fsp3) is 0.926. The summed E-state index contributed by atoms with van der Waals surface area (Å²) in [6.45, 7) is 27.1. The fourth-order valence-corrected chi connectivity index (χ4v) is 4.43. The van der Waals surface area contributed by atoms with Crippen LogP contribution in [0.25, 0.3) is 0 Å². The Morgan fingerprint density at radius 3 is 1.75 bits per heavy atom. The molecule has 192 valence electrons. The van der Waals surface area contributed by atoms with Crippen LogP contribution in [0.1, 0.15) is 94.4 Å². The number of rotatable bonds is 5. The lowest BCUT2D eigenvalue weighted by Gasteiger charge is -2.34. The molecule has 0 aromatic heterocycles. The van der Waals surface area contributed by atoms with Crippen molar-refractivity contribution in [3.8, 4) is 0 Å². The van der Waals surface area contributed by atoms with Crippen LogP contribution in [-0.4, -0.2) is 79.3 Å². The molecule has 1 unspecified atom stereocenters. The Hall–Kier alpha value is -0.940. The van der Waals surface area contributed by atoms with Crippen LogP contribution in [0.5, 0.6) is 0 Å². The maximum Gasteiger partial charge on any atom is 0.209 e. The summed E-state index contributed by atoms with van der Waals surface area (Å²) in [6, 6.07) is 0. The summed E-state index contributed by atoms with van der Waals surface area (Å²) >= 11 is 0. The zero-order valence-electron chi connectivity index (χ0n) is 23.2. The molecule has 1 saturated carbocycles. The molecule has 2 heterocycles. The molecule has 5 heteroatoms. The number of likely N-dealkylation sites (tertiary alicyclic amines) is 1. The van der Waals surface area contributed by atoms with Gasteiger partial charge in [0.2, 0.25) is 6.41 Å². The predicted octanol–water partition coefficient (Wildman–Crippen LogP) is 5.58. The fourth-order valence-electron chi connectivity index (χ4n) is 4.43. The smallest absolute Gasteiger partial charge is 0.209 e. The molecule has 0 radical (unpaired) electrons. The number of hydrogen-bond acceptors (Lipinski definition) is 4. The first-order valence-electron chi connectivity index (χ1n) is 13.7. The number of ketones is 1. The van der Waals surface area contributed by atoms with Gasteiger partial charge in [-0.15, -0.1) is 0 Å². The molecule has 1 aliphatic carbocycles. The van der Waals surface area contributed by atoms with E-state index in [1.165, 1.54) is 45.4 Å². The second kappa shape index (κ2) is 21.9. The lowest BCUT2D eigenvalue weighted by Crippen LogP contribution is -2.47. The van der Waals surface area contributed by atoms with Crippen LogP contribution in [-0.2, 0) is 9.59 Å². The van der Waals surface area contributed by atoms with Crippen LogP contribution in [0.2, 0.25) is 0 Å². The Labute approximate surface area is 201 Å². The highest BCUT2D eigenvalue weighted by molar-refractivity contribution is 5.78. The molecule has 3 fully saturated rings. The van der Waals surface area contributed by atoms with E-state index in [0.29, 0.717) is 11.7 Å². The van der Waals surface area contributed by atoms with Crippen molar-refractivity contribution in [3.05, 3.63) is 0 Å². The van der Waals surface area contributed by atoms with Gasteiger partial charge >= 0.3 is 0 Å². The average Bonchev–Trinajstić information content (AvgIpc) is 3.32. The molecule has 2 aliphatic heterocycles. The number of piperazine rings is 1. The number of Topliss-reactive ketones (excluding diaryl/α,β-unsaturated/α-hetero) is 1.